The molecule has 2 nitrogen and oxygen atoms in total. The second kappa shape index (κ2) is 3.58. The minimum Gasteiger partial charge on any atom is -0.362 e. The van der Waals surface area contributed by atoms with Gasteiger partial charge in [-0.25, -0.2) is 4.98 Å². The molecule has 2 aromatic rings. The molecule has 3 heteroatoms. The Balaban J connectivity index is 2.81. The van der Waals surface area contributed by atoms with Gasteiger partial charge in [-0.15, -0.1) is 0 Å². The average Bonchev–Trinajstić information content (AvgIpc) is 2.17. The van der Waals surface area contributed by atoms with Crippen molar-refractivity contribution in [2.45, 2.75) is 0 Å². The van der Waals surface area contributed by atoms with E-state index < -0.39 is 0 Å². The maximum atomic E-state index is 4.35. The lowest BCUT2D eigenvalue weighted by atomic mass is 10.1. The van der Waals surface area contributed by atoms with Gasteiger partial charge in [-0.1, -0.05) is 28.1 Å². The van der Waals surface area contributed by atoms with Gasteiger partial charge in [0.15, 0.2) is 0 Å². The van der Waals surface area contributed by atoms with Crippen LogP contribution in [0.25, 0.3) is 10.8 Å². The van der Waals surface area contributed by atoms with Crippen LogP contribution in [0.5, 0.6) is 0 Å². The molecule has 0 aliphatic carbocycles. The number of halogens is 1. The number of aromatic nitrogens is 1. The summed E-state index contributed by atoms with van der Waals surface area (Å²) in [5, 5.41) is 2.37. The topological polar surface area (TPSA) is 16.1 Å². The SMILES string of the molecule is CN(C)c1nccc2c(Br)cccc12. The quantitative estimate of drug-likeness (QED) is 0.774. The Bertz CT molecular complexity index is 466. The maximum absolute atomic E-state index is 4.35. The fourth-order valence-corrected chi connectivity index (χ4v) is 2.01. The molecule has 1 aromatic heterocycles. The first-order valence-electron chi connectivity index (χ1n) is 4.40. The Morgan fingerprint density at radius 2 is 1.93 bits per heavy atom. The number of anilines is 1. The maximum Gasteiger partial charge on any atom is 0.135 e. The highest BCUT2D eigenvalue weighted by molar-refractivity contribution is 9.10. The van der Waals surface area contributed by atoms with Gasteiger partial charge in [0, 0.05) is 35.5 Å². The van der Waals surface area contributed by atoms with E-state index in [1.54, 1.807) is 0 Å². The third-order valence-electron chi connectivity index (χ3n) is 2.16. The van der Waals surface area contributed by atoms with Gasteiger partial charge in [0.25, 0.3) is 0 Å². The normalized spacial score (nSPS) is 10.5. The van der Waals surface area contributed by atoms with Crippen molar-refractivity contribution in [1.29, 1.82) is 0 Å². The van der Waals surface area contributed by atoms with E-state index in [9.17, 15) is 0 Å². The Morgan fingerprint density at radius 3 is 2.64 bits per heavy atom. The highest BCUT2D eigenvalue weighted by Gasteiger charge is 2.05. The molecule has 0 atom stereocenters. The molecular weight excluding hydrogens is 240 g/mol. The van der Waals surface area contributed by atoms with Crippen LogP contribution in [0.15, 0.2) is 34.9 Å². The van der Waals surface area contributed by atoms with Gasteiger partial charge in [0.05, 0.1) is 0 Å². The van der Waals surface area contributed by atoms with Crippen LogP contribution in [0, 0.1) is 0 Å². The van der Waals surface area contributed by atoms with E-state index in [0.29, 0.717) is 0 Å². The van der Waals surface area contributed by atoms with E-state index in [0.717, 1.165) is 10.3 Å². The highest BCUT2D eigenvalue weighted by Crippen LogP contribution is 2.28. The number of hydrogen-bond donors (Lipinski definition) is 0. The molecule has 0 bridgehead atoms. The average molecular weight is 251 g/mol. The third-order valence-corrected chi connectivity index (χ3v) is 2.85. The van der Waals surface area contributed by atoms with E-state index in [2.05, 4.69) is 27.0 Å². The predicted octanol–water partition coefficient (Wildman–Crippen LogP) is 3.06. The molecule has 0 saturated carbocycles. The van der Waals surface area contributed by atoms with Crippen LogP contribution in [-0.2, 0) is 0 Å². The molecule has 0 radical (unpaired) electrons. The highest BCUT2D eigenvalue weighted by atomic mass is 79.9. The molecule has 0 fully saturated rings. The summed E-state index contributed by atoms with van der Waals surface area (Å²) in [5.41, 5.74) is 0. The summed E-state index contributed by atoms with van der Waals surface area (Å²) in [5.74, 6) is 1.00. The molecule has 0 N–H and O–H groups in total. The summed E-state index contributed by atoms with van der Waals surface area (Å²) in [7, 11) is 4.01. The van der Waals surface area contributed by atoms with E-state index in [4.69, 9.17) is 0 Å². The van der Waals surface area contributed by atoms with Crippen LogP contribution in [-0.4, -0.2) is 19.1 Å². The third kappa shape index (κ3) is 1.48. The van der Waals surface area contributed by atoms with Gasteiger partial charge in [-0.3, -0.25) is 0 Å². The molecule has 0 spiro atoms. The van der Waals surface area contributed by atoms with E-state index >= 15 is 0 Å². The monoisotopic (exact) mass is 250 g/mol. The van der Waals surface area contributed by atoms with Crippen molar-refractivity contribution in [3.05, 3.63) is 34.9 Å². The van der Waals surface area contributed by atoms with Gasteiger partial charge in [-0.05, 0) is 12.1 Å². The van der Waals surface area contributed by atoms with Crippen molar-refractivity contribution < 1.29 is 0 Å². The molecule has 0 aliphatic rings. The molecule has 1 aromatic carbocycles. The molecule has 0 saturated heterocycles. The summed E-state index contributed by atoms with van der Waals surface area (Å²) in [6, 6.07) is 8.18. The first kappa shape index (κ1) is 9.46. The van der Waals surface area contributed by atoms with E-state index in [-0.39, 0.29) is 0 Å². The Kier molecular flexibility index (Phi) is 2.42. The lowest BCUT2D eigenvalue weighted by molar-refractivity contribution is 1.08. The zero-order chi connectivity index (χ0) is 10.1. The molecular formula is C11H11BrN2. The molecule has 0 aliphatic heterocycles. The lowest BCUT2D eigenvalue weighted by Crippen LogP contribution is -2.10. The first-order valence-corrected chi connectivity index (χ1v) is 5.20. The van der Waals surface area contributed by atoms with Crippen molar-refractivity contribution in [2.75, 3.05) is 19.0 Å². The van der Waals surface area contributed by atoms with E-state index in [1.807, 2.05) is 43.4 Å². The second-order valence-corrected chi connectivity index (χ2v) is 4.22. The van der Waals surface area contributed by atoms with Gasteiger partial charge in [0.2, 0.25) is 0 Å². The van der Waals surface area contributed by atoms with Crippen molar-refractivity contribution in [1.82, 2.24) is 4.98 Å². The number of fused-ring (bicyclic) bond motifs is 1. The largest absolute Gasteiger partial charge is 0.362 e. The summed E-state index contributed by atoms with van der Waals surface area (Å²) >= 11 is 3.53. The molecule has 0 unspecified atom stereocenters. The van der Waals surface area contributed by atoms with Gasteiger partial charge >= 0.3 is 0 Å². The van der Waals surface area contributed by atoms with Crippen LogP contribution in [0.3, 0.4) is 0 Å². The van der Waals surface area contributed by atoms with Crippen LogP contribution in [0.4, 0.5) is 5.82 Å². The minimum atomic E-state index is 1.00. The van der Waals surface area contributed by atoms with Crippen molar-refractivity contribution in [3.63, 3.8) is 0 Å². The minimum absolute atomic E-state index is 1.00. The Hall–Kier alpha value is -1.09. The van der Waals surface area contributed by atoms with Gasteiger partial charge < -0.3 is 4.90 Å². The second-order valence-electron chi connectivity index (χ2n) is 3.36. The number of benzene rings is 1. The van der Waals surface area contributed by atoms with Gasteiger partial charge in [0.1, 0.15) is 5.82 Å². The van der Waals surface area contributed by atoms with Crippen molar-refractivity contribution >= 4 is 32.5 Å². The molecule has 14 heavy (non-hydrogen) atoms. The Labute approximate surface area is 91.7 Å². The molecule has 72 valence electrons. The smallest absolute Gasteiger partial charge is 0.135 e. The fourth-order valence-electron chi connectivity index (χ4n) is 1.51. The number of pyridine rings is 1. The molecule has 2 rings (SSSR count). The number of rotatable bonds is 1. The Morgan fingerprint density at radius 1 is 1.14 bits per heavy atom. The van der Waals surface area contributed by atoms with Crippen LogP contribution in [0.2, 0.25) is 0 Å². The van der Waals surface area contributed by atoms with Crippen molar-refractivity contribution in [2.24, 2.45) is 0 Å². The summed E-state index contributed by atoms with van der Waals surface area (Å²) in [4.78, 5) is 6.38. The summed E-state index contributed by atoms with van der Waals surface area (Å²) in [6.45, 7) is 0. The molecule has 1 heterocycles. The van der Waals surface area contributed by atoms with E-state index in [1.165, 1.54) is 10.8 Å². The summed E-state index contributed by atoms with van der Waals surface area (Å²) < 4.78 is 1.11. The van der Waals surface area contributed by atoms with Crippen molar-refractivity contribution in [3.8, 4) is 0 Å². The van der Waals surface area contributed by atoms with Gasteiger partial charge in [-0.2, -0.15) is 0 Å². The lowest BCUT2D eigenvalue weighted by Gasteiger charge is -2.14. The number of nitrogens with zero attached hydrogens (tertiary/aromatic N) is 2. The number of hydrogen-bond acceptors (Lipinski definition) is 2. The fraction of sp³-hybridized carbons (Fsp3) is 0.182. The first-order chi connectivity index (χ1) is 6.70. The molecule has 0 amide bonds. The van der Waals surface area contributed by atoms with Crippen LogP contribution >= 0.6 is 15.9 Å². The standard InChI is InChI=1S/C11H11BrN2/c1-14(2)11-9-4-3-5-10(12)8(9)6-7-13-11/h3-7H,1-2H3. The zero-order valence-electron chi connectivity index (χ0n) is 8.16. The van der Waals surface area contributed by atoms with Crippen LogP contribution in [0.1, 0.15) is 0 Å². The predicted molar refractivity (Wildman–Crippen MR) is 63.8 cm³/mol. The zero-order valence-corrected chi connectivity index (χ0v) is 9.75. The van der Waals surface area contributed by atoms with Crippen LogP contribution < -0.4 is 4.90 Å². The summed E-state index contributed by atoms with van der Waals surface area (Å²) in [6.07, 6.45) is 1.84.